The van der Waals surface area contributed by atoms with Crippen molar-refractivity contribution in [2.24, 2.45) is 10.9 Å². The van der Waals surface area contributed by atoms with Crippen molar-refractivity contribution in [3.63, 3.8) is 0 Å². The summed E-state index contributed by atoms with van der Waals surface area (Å²) in [5.41, 5.74) is 4.40. The number of piperidine rings is 1. The zero-order valence-corrected chi connectivity index (χ0v) is 19.9. The number of anilines is 1. The normalized spacial score (nSPS) is 14.9. The fourth-order valence-electron chi connectivity index (χ4n) is 3.94. The molecule has 1 saturated heterocycles. The van der Waals surface area contributed by atoms with E-state index in [9.17, 15) is 4.79 Å². The summed E-state index contributed by atoms with van der Waals surface area (Å²) in [7, 11) is 5.33. The van der Waals surface area contributed by atoms with Crippen LogP contribution in [0.1, 0.15) is 41.3 Å². The lowest BCUT2D eigenvalue weighted by atomic mass is 9.99. The molecule has 6 heteroatoms. The molecule has 1 aliphatic heterocycles. The minimum atomic E-state index is 0.0261. The highest BCUT2D eigenvalue weighted by Gasteiger charge is 2.15. The van der Waals surface area contributed by atoms with Crippen LogP contribution in [0.15, 0.2) is 53.5 Å². The summed E-state index contributed by atoms with van der Waals surface area (Å²) in [6, 6.07) is 16.7. The number of aliphatic imine (C=N–C) groups is 1. The van der Waals surface area contributed by atoms with E-state index in [4.69, 9.17) is 0 Å². The van der Waals surface area contributed by atoms with Gasteiger partial charge in [-0.2, -0.15) is 0 Å². The van der Waals surface area contributed by atoms with Gasteiger partial charge in [-0.3, -0.25) is 9.79 Å². The molecule has 6 nitrogen and oxygen atoms in total. The number of rotatable bonds is 7. The van der Waals surface area contributed by atoms with Gasteiger partial charge in [-0.05, 0) is 60.6 Å². The first-order valence-electron chi connectivity index (χ1n) is 11.5. The minimum absolute atomic E-state index is 0.0261. The van der Waals surface area contributed by atoms with Crippen LogP contribution >= 0.6 is 0 Å². The largest absolute Gasteiger partial charge is 0.372 e. The lowest BCUT2D eigenvalue weighted by molar-refractivity contribution is 0.0827. The molecular formula is C26H37N5O. The number of hydrogen-bond donors (Lipinski definition) is 2. The van der Waals surface area contributed by atoms with Gasteiger partial charge in [-0.15, -0.1) is 0 Å². The monoisotopic (exact) mass is 435 g/mol. The first-order chi connectivity index (χ1) is 15.5. The van der Waals surface area contributed by atoms with Crippen molar-refractivity contribution < 1.29 is 4.79 Å². The van der Waals surface area contributed by atoms with E-state index in [-0.39, 0.29) is 5.91 Å². The van der Waals surface area contributed by atoms with Crippen LogP contribution in [0.3, 0.4) is 0 Å². The number of amides is 1. The third-order valence-corrected chi connectivity index (χ3v) is 6.05. The Morgan fingerprint density at radius 1 is 1.06 bits per heavy atom. The molecule has 2 N–H and O–H groups in total. The van der Waals surface area contributed by atoms with Crippen LogP contribution in [0.2, 0.25) is 0 Å². The van der Waals surface area contributed by atoms with E-state index in [1.807, 2.05) is 18.2 Å². The molecule has 0 spiro atoms. The summed E-state index contributed by atoms with van der Waals surface area (Å²) in [4.78, 5) is 20.6. The second kappa shape index (κ2) is 11.6. The molecule has 1 fully saturated rings. The maximum absolute atomic E-state index is 12.1. The molecule has 0 aliphatic carbocycles. The van der Waals surface area contributed by atoms with E-state index in [2.05, 4.69) is 57.8 Å². The molecule has 0 radical (unpaired) electrons. The second-order valence-corrected chi connectivity index (χ2v) is 8.84. The fraction of sp³-hybridized carbons (Fsp3) is 0.462. The Hall–Kier alpha value is -3.02. The highest BCUT2D eigenvalue weighted by Crippen LogP contribution is 2.23. The number of guanidine groups is 1. The molecule has 0 unspecified atom stereocenters. The van der Waals surface area contributed by atoms with Crippen molar-refractivity contribution >= 4 is 17.6 Å². The molecule has 0 atom stereocenters. The third-order valence-electron chi connectivity index (χ3n) is 6.05. The summed E-state index contributed by atoms with van der Waals surface area (Å²) in [5, 5.41) is 6.75. The second-order valence-electron chi connectivity index (χ2n) is 8.84. The van der Waals surface area contributed by atoms with E-state index >= 15 is 0 Å². The molecule has 32 heavy (non-hydrogen) atoms. The smallest absolute Gasteiger partial charge is 0.253 e. The number of nitrogens with zero attached hydrogens (tertiary/aromatic N) is 3. The van der Waals surface area contributed by atoms with Gasteiger partial charge in [-0.25, -0.2) is 0 Å². The SMILES string of the molecule is CN=C(NCCc1cccc(C(=O)N(C)C)c1)NCc1ccc(N2CCC(C)CC2)cc1. The Kier molecular flexibility index (Phi) is 8.54. The number of carbonyl (C=O) groups excluding carboxylic acids is 1. The summed E-state index contributed by atoms with van der Waals surface area (Å²) in [6.45, 7) is 6.12. The zero-order chi connectivity index (χ0) is 22.9. The van der Waals surface area contributed by atoms with Gasteiger partial charge in [0.25, 0.3) is 5.91 Å². The van der Waals surface area contributed by atoms with Gasteiger partial charge < -0.3 is 20.4 Å². The summed E-state index contributed by atoms with van der Waals surface area (Å²) in [6.07, 6.45) is 3.38. The molecule has 2 aromatic carbocycles. The Morgan fingerprint density at radius 3 is 2.44 bits per heavy atom. The van der Waals surface area contributed by atoms with E-state index in [1.165, 1.54) is 24.1 Å². The topological polar surface area (TPSA) is 60.0 Å². The average Bonchev–Trinajstić information content (AvgIpc) is 2.82. The number of nitrogens with one attached hydrogen (secondary N) is 2. The highest BCUT2D eigenvalue weighted by atomic mass is 16.2. The predicted molar refractivity (Wildman–Crippen MR) is 133 cm³/mol. The van der Waals surface area contributed by atoms with Crippen LogP contribution < -0.4 is 15.5 Å². The van der Waals surface area contributed by atoms with E-state index in [0.29, 0.717) is 0 Å². The van der Waals surface area contributed by atoms with Gasteiger partial charge in [0.1, 0.15) is 0 Å². The molecule has 1 aliphatic rings. The fourth-order valence-corrected chi connectivity index (χ4v) is 3.94. The quantitative estimate of drug-likeness (QED) is 0.516. The number of benzene rings is 2. The number of hydrogen-bond acceptors (Lipinski definition) is 3. The van der Waals surface area contributed by atoms with Gasteiger partial charge in [0.15, 0.2) is 5.96 Å². The molecule has 0 bridgehead atoms. The Bertz CT molecular complexity index is 899. The van der Waals surface area contributed by atoms with Crippen LogP contribution in [0.25, 0.3) is 0 Å². The van der Waals surface area contributed by atoms with Crippen molar-refractivity contribution in [1.29, 1.82) is 0 Å². The minimum Gasteiger partial charge on any atom is -0.372 e. The van der Waals surface area contributed by atoms with Crippen LogP contribution in [0, 0.1) is 5.92 Å². The van der Waals surface area contributed by atoms with Crippen molar-refractivity contribution in [1.82, 2.24) is 15.5 Å². The van der Waals surface area contributed by atoms with Crippen LogP contribution in [-0.4, -0.2) is 57.5 Å². The first-order valence-corrected chi connectivity index (χ1v) is 11.5. The molecule has 0 aromatic heterocycles. The predicted octanol–water partition coefficient (Wildman–Crippen LogP) is 3.53. The number of carbonyl (C=O) groups is 1. The van der Waals surface area contributed by atoms with Gasteiger partial charge in [-0.1, -0.05) is 31.2 Å². The molecule has 2 aromatic rings. The standard InChI is InChI=1S/C26H37N5O/c1-20-13-16-31(17-14-20)24-10-8-22(9-11-24)19-29-26(27-2)28-15-12-21-6-5-7-23(18-21)25(32)30(3)4/h5-11,18,20H,12-17,19H2,1-4H3,(H2,27,28,29). The third kappa shape index (κ3) is 6.74. The van der Waals surface area contributed by atoms with E-state index in [1.54, 1.807) is 26.0 Å². The summed E-state index contributed by atoms with van der Waals surface area (Å²) >= 11 is 0. The summed E-state index contributed by atoms with van der Waals surface area (Å²) < 4.78 is 0. The van der Waals surface area contributed by atoms with Gasteiger partial charge >= 0.3 is 0 Å². The first kappa shape index (κ1) is 23.6. The van der Waals surface area contributed by atoms with Crippen molar-refractivity contribution in [2.75, 3.05) is 45.7 Å². The lowest BCUT2D eigenvalue weighted by Gasteiger charge is -2.32. The average molecular weight is 436 g/mol. The molecule has 172 valence electrons. The van der Waals surface area contributed by atoms with Crippen LogP contribution in [0.4, 0.5) is 5.69 Å². The zero-order valence-electron chi connectivity index (χ0n) is 19.9. The van der Waals surface area contributed by atoms with Crippen molar-refractivity contribution in [2.45, 2.75) is 32.7 Å². The molecule has 3 rings (SSSR count). The van der Waals surface area contributed by atoms with Crippen molar-refractivity contribution in [3.05, 3.63) is 65.2 Å². The lowest BCUT2D eigenvalue weighted by Crippen LogP contribution is -2.37. The maximum Gasteiger partial charge on any atom is 0.253 e. The van der Waals surface area contributed by atoms with Crippen LogP contribution in [0.5, 0.6) is 0 Å². The Labute approximate surface area is 192 Å². The maximum atomic E-state index is 12.1. The molecule has 0 saturated carbocycles. The Balaban J connectivity index is 1.44. The van der Waals surface area contributed by atoms with E-state index < -0.39 is 0 Å². The van der Waals surface area contributed by atoms with Gasteiger partial charge in [0.05, 0.1) is 0 Å². The Morgan fingerprint density at radius 2 is 1.78 bits per heavy atom. The van der Waals surface area contributed by atoms with E-state index in [0.717, 1.165) is 55.6 Å². The van der Waals surface area contributed by atoms with Crippen molar-refractivity contribution in [3.8, 4) is 0 Å². The van der Waals surface area contributed by atoms with Crippen LogP contribution in [-0.2, 0) is 13.0 Å². The molecule has 1 amide bonds. The molecular weight excluding hydrogens is 398 g/mol. The molecule has 1 heterocycles. The highest BCUT2D eigenvalue weighted by molar-refractivity contribution is 5.94. The summed E-state index contributed by atoms with van der Waals surface area (Å²) in [5.74, 6) is 1.65. The van der Waals surface area contributed by atoms with Gasteiger partial charge in [0, 0.05) is 58.6 Å². The van der Waals surface area contributed by atoms with Gasteiger partial charge in [0.2, 0.25) is 0 Å².